The first kappa shape index (κ1) is 13.4. The van der Waals surface area contributed by atoms with Gasteiger partial charge >= 0.3 is 0 Å². The van der Waals surface area contributed by atoms with E-state index in [0.717, 1.165) is 30.7 Å². The number of nitrogens with zero attached hydrogens (tertiary/aromatic N) is 2. The molecule has 0 aliphatic carbocycles. The minimum atomic E-state index is 0.773. The second kappa shape index (κ2) is 5.80. The van der Waals surface area contributed by atoms with E-state index in [2.05, 4.69) is 34.2 Å². The zero-order valence-corrected chi connectivity index (χ0v) is 12.3. The van der Waals surface area contributed by atoms with Crippen molar-refractivity contribution >= 4 is 11.6 Å². The summed E-state index contributed by atoms with van der Waals surface area (Å²) < 4.78 is 0. The van der Waals surface area contributed by atoms with Crippen LogP contribution in [0, 0.1) is 6.92 Å². The molecule has 0 aromatic heterocycles. The lowest BCUT2D eigenvalue weighted by Gasteiger charge is -2.47. The first-order valence-electron chi connectivity index (χ1n) is 7.14. The van der Waals surface area contributed by atoms with Gasteiger partial charge in [-0.1, -0.05) is 17.7 Å². The quantitative estimate of drug-likeness (QED) is 0.909. The molecule has 2 heterocycles. The third-order valence-electron chi connectivity index (χ3n) is 4.30. The summed E-state index contributed by atoms with van der Waals surface area (Å²) in [5.41, 5.74) is 2.71. The van der Waals surface area contributed by atoms with Crippen LogP contribution in [0.4, 0.5) is 0 Å². The maximum absolute atomic E-state index is 6.00. The van der Waals surface area contributed by atoms with Gasteiger partial charge in [0.1, 0.15) is 0 Å². The van der Waals surface area contributed by atoms with Crippen molar-refractivity contribution in [1.82, 2.24) is 15.1 Å². The van der Waals surface area contributed by atoms with Crippen LogP contribution in [0.15, 0.2) is 18.2 Å². The molecule has 4 heteroatoms. The van der Waals surface area contributed by atoms with Gasteiger partial charge in [0.25, 0.3) is 0 Å². The molecule has 0 atom stereocenters. The van der Waals surface area contributed by atoms with Crippen molar-refractivity contribution in [2.24, 2.45) is 0 Å². The summed E-state index contributed by atoms with van der Waals surface area (Å²) in [6.07, 6.45) is 0. The first-order chi connectivity index (χ1) is 9.22. The van der Waals surface area contributed by atoms with Gasteiger partial charge in [-0.2, -0.15) is 0 Å². The van der Waals surface area contributed by atoms with E-state index >= 15 is 0 Å². The van der Waals surface area contributed by atoms with E-state index in [1.54, 1.807) is 0 Å². The van der Waals surface area contributed by atoms with Crippen molar-refractivity contribution in [3.05, 3.63) is 34.3 Å². The van der Waals surface area contributed by atoms with Crippen LogP contribution in [0.3, 0.4) is 0 Å². The van der Waals surface area contributed by atoms with Crippen LogP contribution < -0.4 is 5.32 Å². The normalized spacial score (nSPS) is 22.4. The molecule has 0 radical (unpaired) electrons. The Balaban J connectivity index is 1.50. The summed E-state index contributed by atoms with van der Waals surface area (Å²) in [4.78, 5) is 5.16. The largest absolute Gasteiger partial charge is 0.314 e. The molecule has 1 aromatic carbocycles. The highest BCUT2D eigenvalue weighted by atomic mass is 35.5. The second-order valence-electron chi connectivity index (χ2n) is 5.70. The summed E-state index contributed by atoms with van der Waals surface area (Å²) in [6, 6.07) is 6.99. The molecule has 0 spiro atoms. The Kier molecular flexibility index (Phi) is 4.08. The topological polar surface area (TPSA) is 18.5 Å². The molecule has 0 amide bonds. The Bertz CT molecular complexity index is 437. The van der Waals surface area contributed by atoms with E-state index in [0.29, 0.717) is 0 Å². The van der Waals surface area contributed by atoms with Crippen molar-refractivity contribution in [3.63, 3.8) is 0 Å². The monoisotopic (exact) mass is 279 g/mol. The second-order valence-corrected chi connectivity index (χ2v) is 6.14. The average Bonchev–Trinajstić information content (AvgIpc) is 2.36. The number of piperazine rings is 1. The Morgan fingerprint density at radius 2 is 2.00 bits per heavy atom. The lowest BCUT2D eigenvalue weighted by molar-refractivity contribution is 0.0222. The van der Waals surface area contributed by atoms with Crippen LogP contribution in [0.25, 0.3) is 0 Å². The molecule has 0 saturated carbocycles. The number of rotatable bonds is 3. The van der Waals surface area contributed by atoms with Crippen molar-refractivity contribution < 1.29 is 0 Å². The van der Waals surface area contributed by atoms with Crippen LogP contribution >= 0.6 is 11.6 Å². The van der Waals surface area contributed by atoms with Crippen molar-refractivity contribution in [2.75, 3.05) is 39.3 Å². The lowest BCUT2D eigenvalue weighted by atomic mass is 10.0. The number of nitrogens with one attached hydrogen (secondary N) is 1. The number of halogens is 1. The molecular weight excluding hydrogens is 258 g/mol. The van der Waals surface area contributed by atoms with Crippen LogP contribution in [0.1, 0.15) is 11.1 Å². The van der Waals surface area contributed by atoms with Gasteiger partial charge in [-0.25, -0.2) is 0 Å². The van der Waals surface area contributed by atoms with Crippen LogP contribution in [-0.4, -0.2) is 55.1 Å². The summed E-state index contributed by atoms with van der Waals surface area (Å²) in [7, 11) is 0. The first-order valence-corrected chi connectivity index (χ1v) is 7.52. The van der Waals surface area contributed by atoms with Gasteiger partial charge in [-0.05, 0) is 30.2 Å². The lowest BCUT2D eigenvalue weighted by Crippen LogP contribution is -2.62. The van der Waals surface area contributed by atoms with Crippen LogP contribution in [-0.2, 0) is 6.54 Å². The van der Waals surface area contributed by atoms with Gasteiger partial charge in [0.2, 0.25) is 0 Å². The smallest absolute Gasteiger partial charge is 0.0408 e. The molecule has 0 unspecified atom stereocenters. The van der Waals surface area contributed by atoms with E-state index in [1.807, 2.05) is 6.07 Å². The van der Waals surface area contributed by atoms with Crippen LogP contribution in [0.5, 0.6) is 0 Å². The van der Waals surface area contributed by atoms with Gasteiger partial charge in [-0.15, -0.1) is 0 Å². The summed E-state index contributed by atoms with van der Waals surface area (Å²) in [5.74, 6) is 0. The molecule has 19 heavy (non-hydrogen) atoms. The molecule has 3 nitrogen and oxygen atoms in total. The minimum absolute atomic E-state index is 0.773. The average molecular weight is 280 g/mol. The van der Waals surface area contributed by atoms with E-state index in [9.17, 15) is 0 Å². The predicted octanol–water partition coefficient (Wildman–Crippen LogP) is 1.74. The number of benzene rings is 1. The maximum Gasteiger partial charge on any atom is 0.0408 e. The number of likely N-dealkylation sites (tertiary alicyclic amines) is 1. The zero-order chi connectivity index (χ0) is 13.2. The third kappa shape index (κ3) is 3.11. The molecule has 2 fully saturated rings. The van der Waals surface area contributed by atoms with Gasteiger partial charge in [0.05, 0.1) is 0 Å². The van der Waals surface area contributed by atoms with E-state index in [1.165, 1.54) is 37.3 Å². The van der Waals surface area contributed by atoms with E-state index in [4.69, 9.17) is 11.6 Å². The predicted molar refractivity (Wildman–Crippen MR) is 79.7 cm³/mol. The number of hydrogen-bond donors (Lipinski definition) is 1. The van der Waals surface area contributed by atoms with E-state index < -0.39 is 0 Å². The Morgan fingerprint density at radius 3 is 2.68 bits per heavy atom. The Labute approximate surface area is 120 Å². The highest BCUT2D eigenvalue weighted by Crippen LogP contribution is 2.21. The molecule has 2 aliphatic heterocycles. The molecular formula is C15H22ClN3. The Hall–Kier alpha value is -0.610. The van der Waals surface area contributed by atoms with Gasteiger partial charge in [0.15, 0.2) is 0 Å². The number of hydrogen-bond acceptors (Lipinski definition) is 3. The van der Waals surface area contributed by atoms with Gasteiger partial charge in [-0.3, -0.25) is 9.80 Å². The standard InChI is InChI=1S/C15H22ClN3/c1-12-8-14(16)3-2-13(12)9-18-10-15(11-18)19-6-4-17-5-7-19/h2-3,8,15,17H,4-7,9-11H2,1H3. The Morgan fingerprint density at radius 1 is 1.26 bits per heavy atom. The molecule has 1 aromatic rings. The molecule has 3 rings (SSSR count). The molecule has 2 saturated heterocycles. The summed E-state index contributed by atoms with van der Waals surface area (Å²) in [5, 5.41) is 4.25. The fraction of sp³-hybridized carbons (Fsp3) is 0.600. The fourth-order valence-corrected chi connectivity index (χ4v) is 3.25. The van der Waals surface area contributed by atoms with Crippen molar-refractivity contribution in [3.8, 4) is 0 Å². The minimum Gasteiger partial charge on any atom is -0.314 e. The summed E-state index contributed by atoms with van der Waals surface area (Å²) >= 11 is 6.00. The summed E-state index contributed by atoms with van der Waals surface area (Å²) in [6.45, 7) is 10.3. The molecule has 1 N–H and O–H groups in total. The molecule has 104 valence electrons. The maximum atomic E-state index is 6.00. The van der Waals surface area contributed by atoms with Gasteiger partial charge < -0.3 is 5.32 Å². The highest BCUT2D eigenvalue weighted by Gasteiger charge is 2.32. The van der Waals surface area contributed by atoms with E-state index in [-0.39, 0.29) is 0 Å². The number of aryl methyl sites for hydroxylation is 1. The van der Waals surface area contributed by atoms with Crippen molar-refractivity contribution in [2.45, 2.75) is 19.5 Å². The van der Waals surface area contributed by atoms with Crippen molar-refractivity contribution in [1.29, 1.82) is 0 Å². The highest BCUT2D eigenvalue weighted by molar-refractivity contribution is 6.30. The fourth-order valence-electron chi connectivity index (χ4n) is 3.03. The third-order valence-corrected chi connectivity index (χ3v) is 4.54. The van der Waals surface area contributed by atoms with Gasteiger partial charge in [0, 0.05) is 56.9 Å². The molecule has 0 bridgehead atoms. The van der Waals surface area contributed by atoms with Crippen LogP contribution in [0.2, 0.25) is 5.02 Å². The zero-order valence-electron chi connectivity index (χ0n) is 11.5. The molecule has 2 aliphatic rings. The SMILES string of the molecule is Cc1cc(Cl)ccc1CN1CC(N2CCNCC2)C1.